The van der Waals surface area contributed by atoms with Crippen LogP contribution in [-0.2, 0) is 9.59 Å². The van der Waals surface area contributed by atoms with Gasteiger partial charge in [-0.15, -0.1) is 0 Å². The maximum Gasteiger partial charge on any atom is 0.422 e. The zero-order chi connectivity index (χ0) is 29.0. The van der Waals surface area contributed by atoms with Crippen LogP contribution in [0, 0.1) is 17.0 Å². The molecule has 1 heterocycles. The van der Waals surface area contributed by atoms with Crippen molar-refractivity contribution in [3.8, 4) is 6.01 Å². The lowest BCUT2D eigenvalue weighted by Gasteiger charge is -2.25. The van der Waals surface area contributed by atoms with Crippen molar-refractivity contribution in [2.75, 3.05) is 30.3 Å². The number of benzene rings is 1. The molecule has 0 spiro atoms. The fraction of sp³-hybridized carbons (Fsp3) is 0.455. The highest BCUT2D eigenvalue weighted by molar-refractivity contribution is 6.34. The van der Waals surface area contributed by atoms with Gasteiger partial charge in [0.2, 0.25) is 11.9 Å². The Bertz CT molecular complexity index is 1230. The van der Waals surface area contributed by atoms with Gasteiger partial charge < -0.3 is 31.7 Å². The maximum absolute atomic E-state index is 14.8. The van der Waals surface area contributed by atoms with E-state index >= 15 is 0 Å². The summed E-state index contributed by atoms with van der Waals surface area (Å²) in [6.45, 7) is 1.36. The number of anilines is 3. The largest absolute Gasteiger partial charge is 0.454 e. The summed E-state index contributed by atoms with van der Waals surface area (Å²) in [5.41, 5.74) is 2.89. The first kappa shape index (κ1) is 29.2. The number of rotatable bonds is 11. The molecule has 17 heteroatoms. The molecule has 0 radical (unpaired) electrons. The fourth-order valence-corrected chi connectivity index (χ4v) is 2.97. The van der Waals surface area contributed by atoms with E-state index in [1.54, 1.807) is 13.8 Å². The smallest absolute Gasteiger partial charge is 0.422 e. The molecule has 0 aliphatic heterocycles. The van der Waals surface area contributed by atoms with Crippen LogP contribution in [0.4, 0.5) is 39.5 Å². The van der Waals surface area contributed by atoms with Gasteiger partial charge in [0.15, 0.2) is 6.61 Å². The van der Waals surface area contributed by atoms with Crippen molar-refractivity contribution in [1.29, 1.82) is 0 Å². The number of primary amides is 1. The fourth-order valence-electron chi connectivity index (χ4n) is 2.97. The molecule has 12 nitrogen and oxygen atoms in total. The van der Waals surface area contributed by atoms with Crippen LogP contribution in [0.1, 0.15) is 37.0 Å². The molecule has 0 saturated heterocycles. The molecule has 1 fully saturated rings. The van der Waals surface area contributed by atoms with E-state index in [-0.39, 0.29) is 36.7 Å². The molecule has 3 rings (SSSR count). The quantitative estimate of drug-likeness (QED) is 0.203. The van der Waals surface area contributed by atoms with Gasteiger partial charge in [-0.05, 0) is 30.4 Å². The highest BCUT2D eigenvalue weighted by atomic mass is 19.4. The van der Waals surface area contributed by atoms with E-state index < -0.39 is 59.1 Å². The van der Waals surface area contributed by atoms with Gasteiger partial charge in [0.1, 0.15) is 17.2 Å². The van der Waals surface area contributed by atoms with Crippen molar-refractivity contribution in [1.82, 2.24) is 25.6 Å². The number of alkyl halides is 3. The van der Waals surface area contributed by atoms with Gasteiger partial charge in [0.05, 0.1) is 0 Å². The van der Waals surface area contributed by atoms with Gasteiger partial charge in [-0.25, -0.2) is 8.78 Å². The second-order valence-electron chi connectivity index (χ2n) is 9.42. The number of hydrogen-bond acceptors (Lipinski definition) is 9. The molecule has 0 bridgehead atoms. The number of hydrogen-bond donors (Lipinski definition) is 5. The minimum absolute atomic E-state index is 0.0211. The minimum Gasteiger partial charge on any atom is -0.454 e. The van der Waals surface area contributed by atoms with Crippen molar-refractivity contribution >= 4 is 35.3 Å². The number of halogens is 5. The Hall–Kier alpha value is -4.31. The molecular weight excluding hydrogens is 535 g/mol. The van der Waals surface area contributed by atoms with E-state index in [0.29, 0.717) is 0 Å². The Morgan fingerprint density at radius 1 is 1.00 bits per heavy atom. The van der Waals surface area contributed by atoms with E-state index in [0.717, 1.165) is 25.0 Å². The Labute approximate surface area is 218 Å². The van der Waals surface area contributed by atoms with Crippen LogP contribution < -0.4 is 31.7 Å². The zero-order valence-corrected chi connectivity index (χ0v) is 20.7. The van der Waals surface area contributed by atoms with Gasteiger partial charge in [-0.2, -0.15) is 28.1 Å². The van der Waals surface area contributed by atoms with Crippen LogP contribution in [0.25, 0.3) is 0 Å². The Kier molecular flexibility index (Phi) is 8.71. The first-order chi connectivity index (χ1) is 18.1. The lowest BCUT2D eigenvalue weighted by Crippen LogP contribution is -2.45. The molecule has 3 amide bonds. The predicted octanol–water partition coefficient (Wildman–Crippen LogP) is 1.77. The minimum atomic E-state index is -4.65. The molecule has 39 heavy (non-hydrogen) atoms. The van der Waals surface area contributed by atoms with Gasteiger partial charge in [0, 0.05) is 24.8 Å². The van der Waals surface area contributed by atoms with Crippen molar-refractivity contribution in [3.05, 3.63) is 29.3 Å². The molecule has 1 aliphatic rings. The molecule has 6 N–H and O–H groups in total. The number of nitrogens with zero attached hydrogens (tertiary/aromatic N) is 3. The highest BCUT2D eigenvalue weighted by Gasteiger charge is 2.30. The number of aromatic nitrogens is 3. The molecule has 0 atom stereocenters. The predicted molar refractivity (Wildman–Crippen MR) is 126 cm³/mol. The average Bonchev–Trinajstić information content (AvgIpc) is 3.63. The first-order valence-corrected chi connectivity index (χ1v) is 11.5. The molecule has 1 aliphatic carbocycles. The summed E-state index contributed by atoms with van der Waals surface area (Å²) in [5, 5.41) is 9.95. The van der Waals surface area contributed by atoms with Crippen LogP contribution in [0.5, 0.6) is 6.01 Å². The molecule has 2 aromatic rings. The SMILES string of the molecule is CC(C)(CNC(=O)C(N)=O)CNC(=O)c1c(F)cc(Nc2nc(NC3CC3)nc(OCC(F)(F)F)n2)cc1F. The molecule has 1 aromatic carbocycles. The number of nitrogens with two attached hydrogens (primary N) is 1. The summed E-state index contributed by atoms with van der Waals surface area (Å²) < 4.78 is 71.7. The molecular formula is C22H25F5N8O4. The summed E-state index contributed by atoms with van der Waals surface area (Å²) >= 11 is 0. The third-order valence-electron chi connectivity index (χ3n) is 5.09. The number of nitrogens with one attached hydrogen (secondary N) is 4. The van der Waals surface area contributed by atoms with Gasteiger partial charge >= 0.3 is 24.0 Å². The number of carbonyl (C=O) groups excluding carboxylic acids is 3. The van der Waals surface area contributed by atoms with Crippen LogP contribution in [-0.4, -0.2) is 64.6 Å². The Morgan fingerprint density at radius 2 is 1.59 bits per heavy atom. The van der Waals surface area contributed by atoms with Crippen LogP contribution in [0.15, 0.2) is 12.1 Å². The van der Waals surface area contributed by atoms with Crippen LogP contribution >= 0.6 is 0 Å². The van der Waals surface area contributed by atoms with Gasteiger partial charge in [0.25, 0.3) is 5.91 Å². The molecule has 212 valence electrons. The van der Waals surface area contributed by atoms with E-state index in [1.165, 1.54) is 0 Å². The normalized spacial score (nSPS) is 13.4. The third kappa shape index (κ3) is 9.19. The maximum atomic E-state index is 14.8. The summed E-state index contributed by atoms with van der Waals surface area (Å²) in [6.07, 6.45) is -3.06. The number of ether oxygens (including phenoxy) is 1. The Balaban J connectivity index is 1.71. The van der Waals surface area contributed by atoms with E-state index in [4.69, 9.17) is 5.73 Å². The van der Waals surface area contributed by atoms with Crippen molar-refractivity contribution in [2.45, 2.75) is 38.9 Å². The molecule has 1 saturated carbocycles. The van der Waals surface area contributed by atoms with Crippen LogP contribution in [0.2, 0.25) is 0 Å². The molecule has 0 unspecified atom stereocenters. The Morgan fingerprint density at radius 3 is 2.15 bits per heavy atom. The van der Waals surface area contributed by atoms with Crippen molar-refractivity contribution in [2.24, 2.45) is 11.1 Å². The van der Waals surface area contributed by atoms with E-state index in [2.05, 4.69) is 41.0 Å². The summed E-state index contributed by atoms with van der Waals surface area (Å²) in [4.78, 5) is 46.0. The van der Waals surface area contributed by atoms with Crippen molar-refractivity contribution in [3.63, 3.8) is 0 Å². The molecule has 1 aromatic heterocycles. The summed E-state index contributed by atoms with van der Waals surface area (Å²) in [5.74, 6) is -6.28. The number of carbonyl (C=O) groups is 3. The van der Waals surface area contributed by atoms with Crippen molar-refractivity contribution < 1.29 is 41.1 Å². The van der Waals surface area contributed by atoms with Gasteiger partial charge in [-0.1, -0.05) is 13.8 Å². The first-order valence-electron chi connectivity index (χ1n) is 11.5. The van der Waals surface area contributed by atoms with Crippen LogP contribution in [0.3, 0.4) is 0 Å². The lowest BCUT2D eigenvalue weighted by atomic mass is 9.93. The van der Waals surface area contributed by atoms with E-state index in [9.17, 15) is 36.3 Å². The van der Waals surface area contributed by atoms with Gasteiger partial charge in [-0.3, -0.25) is 14.4 Å². The second kappa shape index (κ2) is 11.6. The number of amides is 3. The summed E-state index contributed by atoms with van der Waals surface area (Å²) in [6, 6.07) is 0.890. The monoisotopic (exact) mass is 560 g/mol. The highest BCUT2D eigenvalue weighted by Crippen LogP contribution is 2.26. The average molecular weight is 560 g/mol. The lowest BCUT2D eigenvalue weighted by molar-refractivity contribution is -0.154. The summed E-state index contributed by atoms with van der Waals surface area (Å²) in [7, 11) is 0. The second-order valence-corrected chi connectivity index (χ2v) is 9.42. The third-order valence-corrected chi connectivity index (χ3v) is 5.09. The van der Waals surface area contributed by atoms with E-state index in [1.807, 2.05) is 0 Å². The zero-order valence-electron chi connectivity index (χ0n) is 20.7. The standard InChI is InChI=1S/C22H25F5N8O4/c1-21(2,8-30-17(38)15(28)36)7-29-16(37)14-12(23)5-11(6-13(14)24)32-19-33-18(31-10-3-4-10)34-20(35-19)39-9-22(25,26)27/h5-6,10H,3-4,7-9H2,1-2H3,(H2,28,36)(H,29,37)(H,30,38)(H2,31,32,33,34,35). The topological polar surface area (TPSA) is 173 Å².